The maximum atomic E-state index is 13.5. The van der Waals surface area contributed by atoms with E-state index in [4.69, 9.17) is 4.74 Å². The number of carbonyl (C=O) groups is 1. The van der Waals surface area contributed by atoms with Gasteiger partial charge in [0.1, 0.15) is 11.5 Å². The van der Waals surface area contributed by atoms with Crippen LogP contribution in [-0.4, -0.2) is 40.0 Å². The molecule has 3 heterocycles. The first kappa shape index (κ1) is 20.5. The molecule has 4 rings (SSSR count). The van der Waals surface area contributed by atoms with Crippen LogP contribution in [0.1, 0.15) is 35.3 Å². The fourth-order valence-electron chi connectivity index (χ4n) is 3.75. The topological polar surface area (TPSA) is 55.3 Å². The van der Waals surface area contributed by atoms with Crippen LogP contribution in [0.15, 0.2) is 48.7 Å². The summed E-state index contributed by atoms with van der Waals surface area (Å²) in [7, 11) is 0. The van der Waals surface area contributed by atoms with E-state index in [2.05, 4.69) is 16.9 Å². The number of rotatable bonds is 5. The van der Waals surface area contributed by atoms with E-state index in [0.29, 0.717) is 24.7 Å². The van der Waals surface area contributed by atoms with Crippen molar-refractivity contribution in [3.05, 3.63) is 65.2 Å². The number of hydrogen-bond acceptors (Lipinski definition) is 5. The van der Waals surface area contributed by atoms with Crippen molar-refractivity contribution in [3.63, 3.8) is 0 Å². The quantitative estimate of drug-likeness (QED) is 0.579. The fraction of sp³-hybridized carbons (Fsp3) is 0.348. The predicted molar refractivity (Wildman–Crippen MR) is 115 cm³/mol. The summed E-state index contributed by atoms with van der Waals surface area (Å²) in [5.41, 5.74) is 1.54. The van der Waals surface area contributed by atoms with E-state index in [1.165, 1.54) is 12.1 Å². The highest BCUT2D eigenvalue weighted by Crippen LogP contribution is 2.33. The second-order valence-corrected chi connectivity index (χ2v) is 8.86. The minimum Gasteiger partial charge on any atom is -0.477 e. The van der Waals surface area contributed by atoms with Crippen molar-refractivity contribution in [3.8, 4) is 16.3 Å². The molecule has 7 heteroatoms. The molecule has 1 aliphatic rings. The molecule has 0 spiro atoms. The second-order valence-electron chi connectivity index (χ2n) is 7.65. The first-order chi connectivity index (χ1) is 14.5. The van der Waals surface area contributed by atoms with E-state index in [-0.39, 0.29) is 17.9 Å². The maximum Gasteiger partial charge on any atom is 0.274 e. The SMILES string of the molecule is Cc1nc(C(=O)N2C[C@H](COc3ccc(F)cn3)CC[C@H]2C)c(-c2ccccc2)s1. The van der Waals surface area contributed by atoms with E-state index in [1.54, 1.807) is 11.3 Å². The average molecular weight is 426 g/mol. The first-order valence-electron chi connectivity index (χ1n) is 10.1. The number of benzene rings is 1. The third-order valence-corrected chi connectivity index (χ3v) is 6.40. The van der Waals surface area contributed by atoms with E-state index < -0.39 is 5.82 Å². The molecule has 1 aromatic carbocycles. The van der Waals surface area contributed by atoms with Crippen molar-refractivity contribution in [2.75, 3.05) is 13.2 Å². The van der Waals surface area contributed by atoms with E-state index in [1.807, 2.05) is 42.2 Å². The van der Waals surface area contributed by atoms with Crippen LogP contribution >= 0.6 is 11.3 Å². The fourth-order valence-corrected chi connectivity index (χ4v) is 4.66. The van der Waals surface area contributed by atoms with Crippen molar-refractivity contribution in [1.29, 1.82) is 0 Å². The molecule has 3 aromatic rings. The van der Waals surface area contributed by atoms with Gasteiger partial charge in [0.05, 0.1) is 22.7 Å². The van der Waals surface area contributed by atoms with Crippen molar-refractivity contribution >= 4 is 17.2 Å². The Morgan fingerprint density at radius 3 is 2.77 bits per heavy atom. The van der Waals surface area contributed by atoms with Gasteiger partial charge >= 0.3 is 0 Å². The Hall–Kier alpha value is -2.80. The van der Waals surface area contributed by atoms with Crippen LogP contribution in [0.5, 0.6) is 5.88 Å². The molecule has 156 valence electrons. The Kier molecular flexibility index (Phi) is 6.08. The van der Waals surface area contributed by atoms with Crippen LogP contribution in [0.25, 0.3) is 10.4 Å². The van der Waals surface area contributed by atoms with Crippen LogP contribution in [0.3, 0.4) is 0 Å². The summed E-state index contributed by atoms with van der Waals surface area (Å²) >= 11 is 1.55. The number of amides is 1. The monoisotopic (exact) mass is 425 g/mol. The molecule has 2 atom stereocenters. The molecule has 1 amide bonds. The van der Waals surface area contributed by atoms with Gasteiger partial charge in [-0.3, -0.25) is 4.79 Å². The molecule has 0 unspecified atom stereocenters. The molecule has 1 saturated heterocycles. The van der Waals surface area contributed by atoms with E-state index in [9.17, 15) is 9.18 Å². The number of aromatic nitrogens is 2. The number of hydrogen-bond donors (Lipinski definition) is 0. The second kappa shape index (κ2) is 8.92. The van der Waals surface area contributed by atoms with Crippen LogP contribution in [0.2, 0.25) is 0 Å². The van der Waals surface area contributed by atoms with Crippen LogP contribution in [0.4, 0.5) is 4.39 Å². The Balaban J connectivity index is 1.49. The Morgan fingerprint density at radius 2 is 2.03 bits per heavy atom. The zero-order chi connectivity index (χ0) is 21.1. The van der Waals surface area contributed by atoms with Gasteiger partial charge in [0.15, 0.2) is 0 Å². The minimum absolute atomic E-state index is 0.0321. The number of likely N-dealkylation sites (tertiary alicyclic amines) is 1. The maximum absolute atomic E-state index is 13.5. The van der Waals surface area contributed by atoms with Crippen molar-refractivity contribution in [1.82, 2.24) is 14.9 Å². The molecule has 5 nitrogen and oxygen atoms in total. The van der Waals surface area contributed by atoms with Crippen LogP contribution < -0.4 is 4.74 Å². The number of pyridine rings is 1. The van der Waals surface area contributed by atoms with Gasteiger partial charge < -0.3 is 9.64 Å². The molecule has 0 N–H and O–H groups in total. The summed E-state index contributed by atoms with van der Waals surface area (Å²) in [6, 6.07) is 12.9. The smallest absolute Gasteiger partial charge is 0.274 e. The molecular weight excluding hydrogens is 401 g/mol. The van der Waals surface area contributed by atoms with Gasteiger partial charge in [-0.1, -0.05) is 30.3 Å². The summed E-state index contributed by atoms with van der Waals surface area (Å²) in [6.45, 7) is 5.06. The van der Waals surface area contributed by atoms with Gasteiger partial charge in [0.2, 0.25) is 5.88 Å². The highest BCUT2D eigenvalue weighted by atomic mass is 32.1. The van der Waals surface area contributed by atoms with Gasteiger partial charge in [0.25, 0.3) is 5.91 Å². The number of piperidine rings is 1. The van der Waals surface area contributed by atoms with Crippen LogP contribution in [-0.2, 0) is 0 Å². The van der Waals surface area contributed by atoms with Gasteiger partial charge in [-0.15, -0.1) is 11.3 Å². The standard InChI is InChI=1S/C23H24FN3O2S/c1-15-8-9-17(14-29-20-11-10-19(24)12-25-20)13-27(15)23(28)21-22(30-16(2)26-21)18-6-4-3-5-7-18/h3-7,10-12,15,17H,8-9,13-14H2,1-2H3/t15-,17-/m1/s1. The molecular formula is C23H24FN3O2S. The third-order valence-electron chi connectivity index (χ3n) is 5.38. The molecule has 2 aromatic heterocycles. The average Bonchev–Trinajstić information content (AvgIpc) is 3.16. The summed E-state index contributed by atoms with van der Waals surface area (Å²) in [4.78, 5) is 24.8. The highest BCUT2D eigenvalue weighted by molar-refractivity contribution is 7.15. The van der Waals surface area contributed by atoms with Crippen LogP contribution in [0, 0.1) is 18.7 Å². The first-order valence-corrected chi connectivity index (χ1v) is 10.9. The number of nitrogens with zero attached hydrogens (tertiary/aromatic N) is 3. The Bertz CT molecular complexity index is 1010. The Morgan fingerprint density at radius 1 is 1.23 bits per heavy atom. The number of aryl methyl sites for hydroxylation is 1. The zero-order valence-electron chi connectivity index (χ0n) is 17.0. The number of carbonyl (C=O) groups excluding carboxylic acids is 1. The normalized spacial score (nSPS) is 19.0. The molecule has 0 aliphatic carbocycles. The Labute approximate surface area is 179 Å². The van der Waals surface area contributed by atoms with E-state index >= 15 is 0 Å². The zero-order valence-corrected chi connectivity index (χ0v) is 17.9. The summed E-state index contributed by atoms with van der Waals surface area (Å²) in [6.07, 6.45) is 3.01. The lowest BCUT2D eigenvalue weighted by atomic mass is 9.93. The van der Waals surface area contributed by atoms with Crippen molar-refractivity contribution in [2.45, 2.75) is 32.7 Å². The van der Waals surface area contributed by atoms with Gasteiger partial charge in [-0.2, -0.15) is 0 Å². The highest BCUT2D eigenvalue weighted by Gasteiger charge is 2.32. The lowest BCUT2D eigenvalue weighted by molar-refractivity contribution is 0.0498. The summed E-state index contributed by atoms with van der Waals surface area (Å²) in [5, 5.41) is 0.879. The lowest BCUT2D eigenvalue weighted by Gasteiger charge is -2.37. The largest absolute Gasteiger partial charge is 0.477 e. The summed E-state index contributed by atoms with van der Waals surface area (Å²) in [5.74, 6) is 0.167. The third kappa shape index (κ3) is 4.51. The van der Waals surface area contributed by atoms with Gasteiger partial charge in [0, 0.05) is 24.6 Å². The minimum atomic E-state index is -0.390. The van der Waals surface area contributed by atoms with E-state index in [0.717, 1.165) is 34.5 Å². The summed E-state index contributed by atoms with van der Waals surface area (Å²) < 4.78 is 18.8. The number of ether oxygens (including phenoxy) is 1. The number of thiazole rings is 1. The van der Waals surface area contributed by atoms with Crippen molar-refractivity contribution in [2.24, 2.45) is 5.92 Å². The molecule has 1 fully saturated rings. The van der Waals surface area contributed by atoms with Crippen molar-refractivity contribution < 1.29 is 13.9 Å². The lowest BCUT2D eigenvalue weighted by Crippen LogP contribution is -2.47. The molecule has 0 saturated carbocycles. The number of halogens is 1. The predicted octanol–water partition coefficient (Wildman–Crippen LogP) is 4.97. The van der Waals surface area contributed by atoms with Gasteiger partial charge in [-0.25, -0.2) is 14.4 Å². The molecule has 1 aliphatic heterocycles. The molecule has 0 radical (unpaired) electrons. The molecule has 30 heavy (non-hydrogen) atoms. The molecule has 0 bridgehead atoms. The van der Waals surface area contributed by atoms with Gasteiger partial charge in [-0.05, 0) is 38.3 Å².